The fourth-order valence-corrected chi connectivity index (χ4v) is 3.12. The first-order valence-corrected chi connectivity index (χ1v) is 7.74. The molecule has 1 heterocycles. The van der Waals surface area contributed by atoms with E-state index in [1.807, 2.05) is 0 Å². The van der Waals surface area contributed by atoms with Crippen LogP contribution in [0.5, 0.6) is 0 Å². The molecule has 0 radical (unpaired) electrons. The van der Waals surface area contributed by atoms with Crippen LogP contribution in [-0.2, 0) is 11.2 Å². The number of rotatable bonds is 7. The summed E-state index contributed by atoms with van der Waals surface area (Å²) in [5, 5.41) is 3.74. The molecule has 1 aromatic rings. The predicted molar refractivity (Wildman–Crippen MR) is 80.4 cm³/mol. The zero-order valence-corrected chi connectivity index (χ0v) is 12.3. The maximum atomic E-state index is 5.87. The van der Waals surface area contributed by atoms with Gasteiger partial charge >= 0.3 is 0 Å². The second-order valence-corrected chi connectivity index (χ2v) is 5.52. The Labute approximate surface area is 117 Å². The largest absolute Gasteiger partial charge is 0.378 e. The molecule has 1 aliphatic rings. The third-order valence-corrected chi connectivity index (χ3v) is 4.13. The van der Waals surface area contributed by atoms with Crippen molar-refractivity contribution in [3.63, 3.8) is 0 Å². The van der Waals surface area contributed by atoms with E-state index in [2.05, 4.69) is 49.5 Å². The molecule has 1 saturated heterocycles. The van der Waals surface area contributed by atoms with Gasteiger partial charge in [0.1, 0.15) is 0 Å². The van der Waals surface area contributed by atoms with Gasteiger partial charge in [0.05, 0.1) is 6.10 Å². The van der Waals surface area contributed by atoms with E-state index in [4.69, 9.17) is 4.74 Å². The molecule has 0 spiro atoms. The molecule has 0 aliphatic carbocycles. The van der Waals surface area contributed by atoms with Crippen molar-refractivity contribution in [3.8, 4) is 0 Å². The Morgan fingerprint density at radius 2 is 2.05 bits per heavy atom. The van der Waals surface area contributed by atoms with E-state index in [1.165, 1.54) is 18.4 Å². The average Bonchev–Trinajstić information content (AvgIpc) is 2.93. The van der Waals surface area contributed by atoms with Crippen LogP contribution >= 0.6 is 0 Å². The molecule has 2 nitrogen and oxygen atoms in total. The maximum absolute atomic E-state index is 5.87. The summed E-state index contributed by atoms with van der Waals surface area (Å²) in [5.74, 6) is 0.664. The van der Waals surface area contributed by atoms with Gasteiger partial charge in [-0.2, -0.15) is 0 Å². The first-order chi connectivity index (χ1) is 9.35. The van der Waals surface area contributed by atoms with E-state index in [1.54, 1.807) is 0 Å². The Kier molecular flexibility index (Phi) is 5.87. The second kappa shape index (κ2) is 7.66. The van der Waals surface area contributed by atoms with Gasteiger partial charge in [-0.05, 0) is 37.8 Å². The molecular weight excluding hydrogens is 234 g/mol. The summed E-state index contributed by atoms with van der Waals surface area (Å²) in [6.07, 6.45) is 5.08. The highest BCUT2D eigenvalue weighted by molar-refractivity contribution is 5.16. The van der Waals surface area contributed by atoms with Crippen molar-refractivity contribution in [1.29, 1.82) is 0 Å². The van der Waals surface area contributed by atoms with Crippen molar-refractivity contribution in [2.45, 2.75) is 51.7 Å². The van der Waals surface area contributed by atoms with E-state index in [9.17, 15) is 0 Å². The van der Waals surface area contributed by atoms with Crippen LogP contribution in [0.15, 0.2) is 30.3 Å². The summed E-state index contributed by atoms with van der Waals surface area (Å²) in [6, 6.07) is 11.4. The minimum Gasteiger partial charge on any atom is -0.378 e. The zero-order valence-electron chi connectivity index (χ0n) is 12.3. The molecular formula is C17H27NO. The highest BCUT2D eigenvalue weighted by Gasteiger charge is 2.33. The lowest BCUT2D eigenvalue weighted by Gasteiger charge is -2.28. The normalized spacial score (nSPS) is 24.5. The van der Waals surface area contributed by atoms with Crippen molar-refractivity contribution in [2.75, 3.05) is 13.2 Å². The molecule has 0 bridgehead atoms. The van der Waals surface area contributed by atoms with Crippen LogP contribution in [-0.4, -0.2) is 25.3 Å². The minimum absolute atomic E-state index is 0.443. The molecule has 19 heavy (non-hydrogen) atoms. The topological polar surface area (TPSA) is 21.3 Å². The van der Waals surface area contributed by atoms with Crippen LogP contribution in [0.4, 0.5) is 0 Å². The molecule has 1 aromatic carbocycles. The van der Waals surface area contributed by atoms with Crippen LogP contribution in [0.1, 0.15) is 38.7 Å². The summed E-state index contributed by atoms with van der Waals surface area (Å²) in [5.41, 5.74) is 1.43. The van der Waals surface area contributed by atoms with Gasteiger partial charge in [0.25, 0.3) is 0 Å². The Hall–Kier alpha value is -0.860. The van der Waals surface area contributed by atoms with Crippen molar-refractivity contribution in [2.24, 2.45) is 5.92 Å². The van der Waals surface area contributed by atoms with Crippen molar-refractivity contribution in [3.05, 3.63) is 35.9 Å². The standard InChI is InChI=1S/C17H27NO/c1-3-11-18-16(13-14-8-6-5-7-9-14)15-10-12-19-17(15)4-2/h5-9,15-18H,3-4,10-13H2,1-2H3. The Bertz CT molecular complexity index is 352. The van der Waals surface area contributed by atoms with Gasteiger partial charge in [-0.15, -0.1) is 0 Å². The predicted octanol–water partition coefficient (Wildman–Crippen LogP) is 3.41. The Balaban J connectivity index is 2.02. The molecule has 2 rings (SSSR count). The quantitative estimate of drug-likeness (QED) is 0.812. The maximum Gasteiger partial charge on any atom is 0.0616 e. The molecule has 1 fully saturated rings. The Morgan fingerprint density at radius 1 is 1.26 bits per heavy atom. The fourth-order valence-electron chi connectivity index (χ4n) is 3.12. The van der Waals surface area contributed by atoms with Crippen LogP contribution in [0.3, 0.4) is 0 Å². The van der Waals surface area contributed by atoms with Gasteiger partial charge in [-0.1, -0.05) is 44.2 Å². The molecule has 106 valence electrons. The van der Waals surface area contributed by atoms with Crippen molar-refractivity contribution < 1.29 is 4.74 Å². The number of nitrogens with one attached hydrogen (secondary N) is 1. The highest BCUT2D eigenvalue weighted by Crippen LogP contribution is 2.28. The summed E-state index contributed by atoms with van der Waals surface area (Å²) in [4.78, 5) is 0. The van der Waals surface area contributed by atoms with E-state index in [0.717, 1.165) is 26.0 Å². The van der Waals surface area contributed by atoms with E-state index < -0.39 is 0 Å². The minimum atomic E-state index is 0.443. The van der Waals surface area contributed by atoms with E-state index >= 15 is 0 Å². The monoisotopic (exact) mass is 261 g/mol. The number of benzene rings is 1. The van der Waals surface area contributed by atoms with Gasteiger partial charge in [-0.25, -0.2) is 0 Å². The van der Waals surface area contributed by atoms with Crippen LogP contribution < -0.4 is 5.32 Å². The molecule has 3 atom stereocenters. The third kappa shape index (κ3) is 4.05. The molecule has 1 aliphatic heterocycles. The van der Waals surface area contributed by atoms with E-state index in [-0.39, 0.29) is 0 Å². The number of hydrogen-bond donors (Lipinski definition) is 1. The highest BCUT2D eigenvalue weighted by atomic mass is 16.5. The van der Waals surface area contributed by atoms with Gasteiger partial charge in [0.2, 0.25) is 0 Å². The van der Waals surface area contributed by atoms with Gasteiger partial charge < -0.3 is 10.1 Å². The van der Waals surface area contributed by atoms with Crippen molar-refractivity contribution >= 4 is 0 Å². The SMILES string of the molecule is CCCNC(Cc1ccccc1)C1CCOC1CC. The second-order valence-electron chi connectivity index (χ2n) is 5.52. The molecule has 2 heteroatoms. The summed E-state index contributed by atoms with van der Waals surface area (Å²) in [6.45, 7) is 6.50. The van der Waals surface area contributed by atoms with Gasteiger partial charge in [-0.3, -0.25) is 0 Å². The zero-order chi connectivity index (χ0) is 13.5. The summed E-state index contributed by atoms with van der Waals surface area (Å²) in [7, 11) is 0. The lowest BCUT2D eigenvalue weighted by Crippen LogP contribution is -2.41. The first-order valence-electron chi connectivity index (χ1n) is 7.74. The lowest BCUT2D eigenvalue weighted by molar-refractivity contribution is 0.0775. The van der Waals surface area contributed by atoms with Crippen LogP contribution in [0.25, 0.3) is 0 Å². The smallest absolute Gasteiger partial charge is 0.0616 e. The fraction of sp³-hybridized carbons (Fsp3) is 0.647. The van der Waals surface area contributed by atoms with Crippen LogP contribution in [0, 0.1) is 5.92 Å². The van der Waals surface area contributed by atoms with Crippen LogP contribution in [0.2, 0.25) is 0 Å². The number of ether oxygens (including phenoxy) is 1. The molecule has 3 unspecified atom stereocenters. The van der Waals surface area contributed by atoms with Gasteiger partial charge in [0, 0.05) is 18.6 Å². The molecule has 0 amide bonds. The molecule has 0 aromatic heterocycles. The van der Waals surface area contributed by atoms with Crippen molar-refractivity contribution in [1.82, 2.24) is 5.32 Å². The van der Waals surface area contributed by atoms with E-state index in [0.29, 0.717) is 18.1 Å². The Morgan fingerprint density at radius 3 is 2.74 bits per heavy atom. The first kappa shape index (κ1) is 14.5. The summed E-state index contributed by atoms with van der Waals surface area (Å²) < 4.78 is 5.87. The summed E-state index contributed by atoms with van der Waals surface area (Å²) >= 11 is 0. The molecule has 0 saturated carbocycles. The number of hydrogen-bond acceptors (Lipinski definition) is 2. The lowest BCUT2D eigenvalue weighted by atomic mass is 9.87. The van der Waals surface area contributed by atoms with Gasteiger partial charge in [0.15, 0.2) is 0 Å². The average molecular weight is 261 g/mol. The molecule has 1 N–H and O–H groups in total. The third-order valence-electron chi connectivity index (χ3n) is 4.13.